The largest absolute Gasteiger partial charge is 0.465 e. The van der Waals surface area contributed by atoms with E-state index in [-0.39, 0.29) is 11.7 Å². The van der Waals surface area contributed by atoms with Gasteiger partial charge in [-0.3, -0.25) is 10.2 Å². The Morgan fingerprint density at radius 3 is 2.80 bits per heavy atom. The van der Waals surface area contributed by atoms with E-state index in [1.807, 2.05) is 0 Å². The molecule has 0 aromatic heterocycles. The van der Waals surface area contributed by atoms with Crippen molar-refractivity contribution >= 4 is 17.7 Å². The molecule has 1 heterocycles. The molecule has 1 amide bonds. The van der Waals surface area contributed by atoms with E-state index >= 15 is 0 Å². The van der Waals surface area contributed by atoms with Crippen molar-refractivity contribution in [3.63, 3.8) is 0 Å². The van der Waals surface area contributed by atoms with Crippen LogP contribution in [0.25, 0.3) is 0 Å². The summed E-state index contributed by atoms with van der Waals surface area (Å²) in [6, 6.07) is 4.49. The van der Waals surface area contributed by atoms with Gasteiger partial charge < -0.3 is 10.1 Å². The number of hydrogen-bond acceptors (Lipinski definition) is 4. The van der Waals surface area contributed by atoms with Crippen LogP contribution in [0.5, 0.6) is 0 Å². The molecule has 0 fully saturated rings. The predicted octanol–water partition coefficient (Wildman–Crippen LogP) is 0.542. The summed E-state index contributed by atoms with van der Waals surface area (Å²) in [6.07, 6.45) is 0. The number of hydrogen-bond donors (Lipinski definition) is 2. The zero-order chi connectivity index (χ0) is 11.0. The fourth-order valence-electron chi connectivity index (χ4n) is 1.44. The zero-order valence-electron chi connectivity index (χ0n) is 7.96. The van der Waals surface area contributed by atoms with Crippen molar-refractivity contribution < 1.29 is 14.3 Å². The molecule has 1 aliphatic heterocycles. The van der Waals surface area contributed by atoms with Gasteiger partial charge in [0.05, 0.1) is 18.2 Å². The molecular formula is C10H8N2O3. The van der Waals surface area contributed by atoms with Crippen LogP contribution in [0, 0.1) is 5.41 Å². The number of methoxy groups -OCH3 is 1. The molecule has 1 aliphatic rings. The van der Waals surface area contributed by atoms with E-state index in [2.05, 4.69) is 10.1 Å². The van der Waals surface area contributed by atoms with Crippen molar-refractivity contribution in [2.24, 2.45) is 0 Å². The number of carbonyl (C=O) groups is 2. The fourth-order valence-corrected chi connectivity index (χ4v) is 1.44. The monoisotopic (exact) mass is 204 g/mol. The van der Waals surface area contributed by atoms with Gasteiger partial charge in [-0.25, -0.2) is 4.79 Å². The van der Waals surface area contributed by atoms with E-state index in [0.717, 1.165) is 0 Å². The number of fused-ring (bicyclic) bond motifs is 1. The van der Waals surface area contributed by atoms with E-state index in [4.69, 9.17) is 5.41 Å². The minimum absolute atomic E-state index is 0.0146. The summed E-state index contributed by atoms with van der Waals surface area (Å²) in [5, 5.41) is 9.83. The average Bonchev–Trinajstić information content (AvgIpc) is 2.53. The van der Waals surface area contributed by atoms with Gasteiger partial charge in [0.25, 0.3) is 5.91 Å². The van der Waals surface area contributed by atoms with Crippen LogP contribution >= 0.6 is 0 Å². The first-order valence-electron chi connectivity index (χ1n) is 4.26. The van der Waals surface area contributed by atoms with Crippen molar-refractivity contribution in [3.8, 4) is 0 Å². The molecular weight excluding hydrogens is 196 g/mol. The molecule has 2 N–H and O–H groups in total. The predicted molar refractivity (Wildman–Crippen MR) is 52.1 cm³/mol. The van der Waals surface area contributed by atoms with Crippen molar-refractivity contribution in [2.45, 2.75) is 0 Å². The lowest BCUT2D eigenvalue weighted by Crippen LogP contribution is -2.19. The SMILES string of the molecule is COC(=O)c1ccc2c(c1)C(=N)NC2=O. The van der Waals surface area contributed by atoms with E-state index < -0.39 is 5.97 Å². The molecule has 76 valence electrons. The Bertz CT molecular complexity index is 480. The molecule has 0 spiro atoms. The first kappa shape index (κ1) is 9.39. The van der Waals surface area contributed by atoms with Crippen LogP contribution in [0.15, 0.2) is 18.2 Å². The Kier molecular flexibility index (Phi) is 2.00. The average molecular weight is 204 g/mol. The van der Waals surface area contributed by atoms with Crippen LogP contribution in [0.4, 0.5) is 0 Å². The van der Waals surface area contributed by atoms with Gasteiger partial charge in [0, 0.05) is 5.56 Å². The lowest BCUT2D eigenvalue weighted by molar-refractivity contribution is 0.0600. The third-order valence-electron chi connectivity index (χ3n) is 2.19. The van der Waals surface area contributed by atoms with Gasteiger partial charge in [0.2, 0.25) is 0 Å². The molecule has 2 rings (SSSR count). The number of amidine groups is 1. The van der Waals surface area contributed by atoms with E-state index in [9.17, 15) is 9.59 Å². The number of amides is 1. The van der Waals surface area contributed by atoms with Crippen LogP contribution in [0.3, 0.4) is 0 Å². The molecule has 0 saturated carbocycles. The van der Waals surface area contributed by atoms with Gasteiger partial charge in [0.1, 0.15) is 5.84 Å². The summed E-state index contributed by atoms with van der Waals surface area (Å²) < 4.78 is 4.54. The summed E-state index contributed by atoms with van der Waals surface area (Å²) in [6.45, 7) is 0. The molecule has 5 heteroatoms. The molecule has 0 atom stereocenters. The second kappa shape index (κ2) is 3.20. The summed E-state index contributed by atoms with van der Waals surface area (Å²) in [4.78, 5) is 22.5. The van der Waals surface area contributed by atoms with Crippen molar-refractivity contribution in [1.82, 2.24) is 5.32 Å². The summed E-state index contributed by atoms with van der Waals surface area (Å²) in [5.74, 6) is -0.780. The highest BCUT2D eigenvalue weighted by Gasteiger charge is 2.24. The Hall–Kier alpha value is -2.17. The summed E-state index contributed by atoms with van der Waals surface area (Å²) in [7, 11) is 1.28. The maximum Gasteiger partial charge on any atom is 0.337 e. The lowest BCUT2D eigenvalue weighted by atomic mass is 10.1. The Morgan fingerprint density at radius 1 is 1.40 bits per heavy atom. The smallest absolute Gasteiger partial charge is 0.337 e. The standard InChI is InChI=1S/C10H8N2O3/c1-15-10(14)5-2-3-6-7(4-5)8(11)12-9(6)13/h2-4H,1H3,(H2,11,12,13). The number of benzene rings is 1. The Morgan fingerprint density at radius 2 is 2.13 bits per heavy atom. The number of esters is 1. The van der Waals surface area contributed by atoms with Crippen LogP contribution in [0.2, 0.25) is 0 Å². The number of ether oxygens (including phenoxy) is 1. The van der Waals surface area contributed by atoms with E-state index in [1.54, 1.807) is 0 Å². The second-order valence-electron chi connectivity index (χ2n) is 3.08. The molecule has 1 aromatic carbocycles. The summed E-state index contributed by atoms with van der Waals surface area (Å²) in [5.41, 5.74) is 1.17. The first-order chi connectivity index (χ1) is 7.13. The lowest BCUT2D eigenvalue weighted by Gasteiger charge is -2.00. The Balaban J connectivity index is 2.52. The van der Waals surface area contributed by atoms with Crippen molar-refractivity contribution in [3.05, 3.63) is 34.9 Å². The zero-order valence-corrected chi connectivity index (χ0v) is 7.96. The number of rotatable bonds is 1. The number of carbonyl (C=O) groups excluding carboxylic acids is 2. The second-order valence-corrected chi connectivity index (χ2v) is 3.08. The van der Waals surface area contributed by atoms with Gasteiger partial charge in [-0.05, 0) is 18.2 Å². The minimum atomic E-state index is -0.482. The molecule has 1 aromatic rings. The highest BCUT2D eigenvalue weighted by atomic mass is 16.5. The third kappa shape index (κ3) is 1.38. The van der Waals surface area contributed by atoms with E-state index in [1.165, 1.54) is 25.3 Å². The van der Waals surface area contributed by atoms with E-state index in [0.29, 0.717) is 16.7 Å². The topological polar surface area (TPSA) is 79.2 Å². The Labute approximate surface area is 85.6 Å². The third-order valence-corrected chi connectivity index (χ3v) is 2.19. The maximum absolute atomic E-state index is 11.3. The molecule has 5 nitrogen and oxygen atoms in total. The maximum atomic E-state index is 11.3. The first-order valence-corrected chi connectivity index (χ1v) is 4.26. The van der Waals surface area contributed by atoms with Crippen molar-refractivity contribution in [1.29, 1.82) is 5.41 Å². The van der Waals surface area contributed by atoms with Crippen LogP contribution < -0.4 is 5.32 Å². The molecule has 0 unspecified atom stereocenters. The van der Waals surface area contributed by atoms with Gasteiger partial charge >= 0.3 is 5.97 Å². The van der Waals surface area contributed by atoms with Crippen LogP contribution in [0.1, 0.15) is 26.3 Å². The minimum Gasteiger partial charge on any atom is -0.465 e. The van der Waals surface area contributed by atoms with Gasteiger partial charge in [-0.2, -0.15) is 0 Å². The van der Waals surface area contributed by atoms with Gasteiger partial charge in [-0.15, -0.1) is 0 Å². The quantitative estimate of drug-likeness (QED) is 0.655. The molecule has 15 heavy (non-hydrogen) atoms. The van der Waals surface area contributed by atoms with Crippen LogP contribution in [-0.4, -0.2) is 24.8 Å². The molecule has 0 aliphatic carbocycles. The van der Waals surface area contributed by atoms with Crippen LogP contribution in [-0.2, 0) is 4.74 Å². The fraction of sp³-hybridized carbons (Fsp3) is 0.100. The van der Waals surface area contributed by atoms with Gasteiger partial charge in [-0.1, -0.05) is 0 Å². The number of nitrogens with one attached hydrogen (secondary N) is 2. The van der Waals surface area contributed by atoms with Gasteiger partial charge in [0.15, 0.2) is 0 Å². The molecule has 0 bridgehead atoms. The normalized spacial score (nSPS) is 13.4. The highest BCUT2D eigenvalue weighted by molar-refractivity contribution is 6.22. The molecule has 0 saturated heterocycles. The highest BCUT2D eigenvalue weighted by Crippen LogP contribution is 2.17. The summed E-state index contributed by atoms with van der Waals surface area (Å²) >= 11 is 0. The van der Waals surface area contributed by atoms with Crippen molar-refractivity contribution in [2.75, 3.05) is 7.11 Å². The molecule has 0 radical (unpaired) electrons.